The van der Waals surface area contributed by atoms with Crippen molar-refractivity contribution in [2.24, 2.45) is 5.92 Å². The highest BCUT2D eigenvalue weighted by molar-refractivity contribution is 9.09. The Labute approximate surface area is 90.8 Å². The maximum absolute atomic E-state index is 12.1. The molecule has 1 unspecified atom stereocenters. The van der Waals surface area contributed by atoms with Crippen molar-refractivity contribution >= 4 is 15.9 Å². The molecule has 1 rings (SSSR count). The fraction of sp³-hybridized carbons (Fsp3) is 1.00. The second-order valence-electron chi connectivity index (χ2n) is 3.84. The molecular formula is C9H15BrF3N. The Hall–Kier alpha value is 0.230. The quantitative estimate of drug-likeness (QED) is 0.699. The number of hydrogen-bond acceptors (Lipinski definition) is 1. The second-order valence-corrected chi connectivity index (χ2v) is 4.49. The van der Waals surface area contributed by atoms with E-state index in [0.29, 0.717) is 19.0 Å². The Morgan fingerprint density at radius 3 is 2.50 bits per heavy atom. The van der Waals surface area contributed by atoms with Crippen LogP contribution in [-0.2, 0) is 0 Å². The molecule has 1 heterocycles. The lowest BCUT2D eigenvalue weighted by atomic mass is 10.0. The molecule has 1 aliphatic heterocycles. The molecule has 5 heteroatoms. The fourth-order valence-corrected chi connectivity index (χ4v) is 2.44. The number of likely N-dealkylation sites (tertiary alicyclic amines) is 1. The van der Waals surface area contributed by atoms with Gasteiger partial charge < -0.3 is 0 Å². The lowest BCUT2D eigenvalue weighted by Crippen LogP contribution is -2.34. The summed E-state index contributed by atoms with van der Waals surface area (Å²) in [7, 11) is 0. The lowest BCUT2D eigenvalue weighted by molar-refractivity contribution is -0.145. The highest BCUT2D eigenvalue weighted by Gasteiger charge is 2.31. The summed E-state index contributed by atoms with van der Waals surface area (Å²) in [5.74, 6) is 0.549. The first kappa shape index (κ1) is 12.3. The zero-order valence-corrected chi connectivity index (χ0v) is 9.57. The molecule has 0 aromatic carbocycles. The third-order valence-corrected chi connectivity index (χ3v) is 3.48. The van der Waals surface area contributed by atoms with Crippen LogP contribution in [0.2, 0.25) is 0 Å². The molecule has 1 aliphatic rings. The summed E-state index contributed by atoms with van der Waals surface area (Å²) in [6, 6.07) is 0. The number of nitrogens with zero attached hydrogens (tertiary/aromatic N) is 1. The SMILES string of the molecule is FC(F)(F)CN1CCCC(CBr)CC1. The second kappa shape index (κ2) is 5.35. The first-order valence-electron chi connectivity index (χ1n) is 4.86. The van der Waals surface area contributed by atoms with E-state index in [1.165, 1.54) is 4.90 Å². The highest BCUT2D eigenvalue weighted by Crippen LogP contribution is 2.22. The number of rotatable bonds is 2. The smallest absolute Gasteiger partial charge is 0.295 e. The Balaban J connectivity index is 2.34. The predicted molar refractivity (Wildman–Crippen MR) is 53.6 cm³/mol. The highest BCUT2D eigenvalue weighted by atomic mass is 79.9. The normalized spacial score (nSPS) is 26.1. The molecule has 1 saturated heterocycles. The minimum Gasteiger partial charge on any atom is -0.295 e. The van der Waals surface area contributed by atoms with Gasteiger partial charge in [0.25, 0.3) is 0 Å². The van der Waals surface area contributed by atoms with Crippen LogP contribution in [0, 0.1) is 5.92 Å². The van der Waals surface area contributed by atoms with Crippen LogP contribution in [0.5, 0.6) is 0 Å². The molecule has 0 aromatic heterocycles. The number of alkyl halides is 4. The van der Waals surface area contributed by atoms with Gasteiger partial charge in [0.05, 0.1) is 6.54 Å². The minimum atomic E-state index is -4.05. The van der Waals surface area contributed by atoms with Crippen LogP contribution in [0.3, 0.4) is 0 Å². The largest absolute Gasteiger partial charge is 0.401 e. The average molecular weight is 274 g/mol. The zero-order chi connectivity index (χ0) is 10.6. The first-order valence-corrected chi connectivity index (χ1v) is 5.98. The van der Waals surface area contributed by atoms with E-state index in [2.05, 4.69) is 15.9 Å². The zero-order valence-electron chi connectivity index (χ0n) is 7.99. The fourth-order valence-electron chi connectivity index (χ4n) is 1.79. The predicted octanol–water partition coefficient (Wildman–Crippen LogP) is 3.05. The van der Waals surface area contributed by atoms with Crippen molar-refractivity contribution in [2.75, 3.05) is 25.0 Å². The summed E-state index contributed by atoms with van der Waals surface area (Å²) in [5, 5.41) is 0.910. The minimum absolute atomic E-state index is 0.549. The van der Waals surface area contributed by atoms with Crippen LogP contribution in [0.15, 0.2) is 0 Å². The molecule has 0 radical (unpaired) electrons. The molecule has 1 atom stereocenters. The van der Waals surface area contributed by atoms with E-state index >= 15 is 0 Å². The van der Waals surface area contributed by atoms with E-state index in [1.54, 1.807) is 0 Å². The summed E-state index contributed by atoms with van der Waals surface area (Å²) in [5.41, 5.74) is 0. The van der Waals surface area contributed by atoms with E-state index in [-0.39, 0.29) is 0 Å². The van der Waals surface area contributed by atoms with Gasteiger partial charge in [-0.05, 0) is 38.3 Å². The first-order chi connectivity index (χ1) is 6.51. The van der Waals surface area contributed by atoms with Gasteiger partial charge in [0, 0.05) is 5.33 Å². The van der Waals surface area contributed by atoms with Crippen LogP contribution in [0.25, 0.3) is 0 Å². The maximum Gasteiger partial charge on any atom is 0.401 e. The molecule has 0 amide bonds. The van der Waals surface area contributed by atoms with Crippen molar-refractivity contribution in [1.82, 2.24) is 4.90 Å². The molecule has 0 N–H and O–H groups in total. The van der Waals surface area contributed by atoms with Gasteiger partial charge >= 0.3 is 6.18 Å². The summed E-state index contributed by atoms with van der Waals surface area (Å²) in [4.78, 5) is 1.52. The van der Waals surface area contributed by atoms with Crippen molar-refractivity contribution in [3.63, 3.8) is 0 Å². The van der Waals surface area contributed by atoms with Crippen LogP contribution in [0.4, 0.5) is 13.2 Å². The van der Waals surface area contributed by atoms with E-state index < -0.39 is 12.7 Å². The van der Waals surface area contributed by atoms with Crippen molar-refractivity contribution in [2.45, 2.75) is 25.4 Å². The maximum atomic E-state index is 12.1. The van der Waals surface area contributed by atoms with Gasteiger partial charge in [0.1, 0.15) is 0 Å². The molecular weight excluding hydrogens is 259 g/mol. The van der Waals surface area contributed by atoms with Gasteiger partial charge in [-0.25, -0.2) is 0 Å². The van der Waals surface area contributed by atoms with Crippen LogP contribution in [0.1, 0.15) is 19.3 Å². The molecule has 84 valence electrons. The molecule has 14 heavy (non-hydrogen) atoms. The Kier molecular flexibility index (Phi) is 4.70. The van der Waals surface area contributed by atoms with Crippen molar-refractivity contribution < 1.29 is 13.2 Å². The third-order valence-electron chi connectivity index (χ3n) is 2.56. The standard InChI is InChI=1S/C9H15BrF3N/c10-6-8-2-1-4-14(5-3-8)7-9(11,12)13/h8H,1-7H2. The van der Waals surface area contributed by atoms with E-state index in [1.807, 2.05) is 0 Å². The summed E-state index contributed by atoms with van der Waals surface area (Å²) in [6.45, 7) is 0.417. The van der Waals surface area contributed by atoms with Gasteiger partial charge in [-0.3, -0.25) is 4.90 Å². The van der Waals surface area contributed by atoms with Gasteiger partial charge in [0.15, 0.2) is 0 Å². The van der Waals surface area contributed by atoms with Gasteiger partial charge in [-0.1, -0.05) is 15.9 Å². The molecule has 1 fully saturated rings. The monoisotopic (exact) mass is 273 g/mol. The summed E-state index contributed by atoms with van der Waals surface area (Å²) in [6.07, 6.45) is -1.25. The molecule has 0 aromatic rings. The van der Waals surface area contributed by atoms with Crippen molar-refractivity contribution in [3.8, 4) is 0 Å². The van der Waals surface area contributed by atoms with Gasteiger partial charge in [-0.15, -0.1) is 0 Å². The Morgan fingerprint density at radius 1 is 1.21 bits per heavy atom. The van der Waals surface area contributed by atoms with Gasteiger partial charge in [-0.2, -0.15) is 13.2 Å². The lowest BCUT2D eigenvalue weighted by Gasteiger charge is -2.21. The molecule has 0 bridgehead atoms. The summed E-state index contributed by atoms with van der Waals surface area (Å²) < 4.78 is 36.3. The van der Waals surface area contributed by atoms with Crippen molar-refractivity contribution in [3.05, 3.63) is 0 Å². The number of hydrogen-bond donors (Lipinski definition) is 0. The van der Waals surface area contributed by atoms with E-state index in [0.717, 1.165) is 24.6 Å². The van der Waals surface area contributed by atoms with Gasteiger partial charge in [0.2, 0.25) is 0 Å². The molecule has 0 saturated carbocycles. The van der Waals surface area contributed by atoms with E-state index in [9.17, 15) is 13.2 Å². The molecule has 1 nitrogen and oxygen atoms in total. The Morgan fingerprint density at radius 2 is 1.93 bits per heavy atom. The number of halogens is 4. The molecule has 0 aliphatic carbocycles. The van der Waals surface area contributed by atoms with Crippen LogP contribution in [-0.4, -0.2) is 36.0 Å². The topological polar surface area (TPSA) is 3.24 Å². The third kappa shape index (κ3) is 4.64. The molecule has 0 spiro atoms. The van der Waals surface area contributed by atoms with Crippen LogP contribution < -0.4 is 0 Å². The van der Waals surface area contributed by atoms with Crippen LogP contribution >= 0.6 is 15.9 Å². The Bertz CT molecular complexity index is 172. The average Bonchev–Trinajstić information content (AvgIpc) is 2.27. The van der Waals surface area contributed by atoms with E-state index in [4.69, 9.17) is 0 Å². The summed E-state index contributed by atoms with van der Waals surface area (Å²) >= 11 is 3.39. The van der Waals surface area contributed by atoms with Crippen molar-refractivity contribution in [1.29, 1.82) is 0 Å².